The predicted octanol–water partition coefficient (Wildman–Crippen LogP) is 3.51. The Bertz CT molecular complexity index is 810. The molecule has 6 nitrogen and oxygen atoms in total. The molecule has 0 aliphatic rings. The molecule has 1 amide bonds. The van der Waals surface area contributed by atoms with Crippen molar-refractivity contribution in [1.29, 1.82) is 5.26 Å². The third kappa shape index (κ3) is 4.48. The van der Waals surface area contributed by atoms with Crippen LogP contribution in [0, 0.1) is 18.3 Å². The molecule has 0 aliphatic heterocycles. The number of pyridine rings is 1. The number of aromatic nitrogens is 1. The Balaban J connectivity index is 2.08. The van der Waals surface area contributed by atoms with Crippen molar-refractivity contribution >= 4 is 28.9 Å². The second kappa shape index (κ2) is 7.99. The summed E-state index contributed by atoms with van der Waals surface area (Å²) in [6.45, 7) is 1.87. The molecule has 0 saturated carbocycles. The van der Waals surface area contributed by atoms with E-state index in [1.165, 1.54) is 13.3 Å². The van der Waals surface area contributed by atoms with Gasteiger partial charge in [-0.05, 0) is 37.3 Å². The molecule has 24 heavy (non-hydrogen) atoms. The van der Waals surface area contributed by atoms with Crippen molar-refractivity contribution in [1.82, 2.24) is 4.98 Å². The summed E-state index contributed by atoms with van der Waals surface area (Å²) < 4.78 is 5.05. The molecule has 0 aliphatic carbocycles. The standard InChI is InChI=1S/C17H15ClN4O2/c1-11-3-4-14(10-20-11)21-9-12(8-19)17(23)22-13-5-6-16(24-2)15(18)7-13/h3-7,9-10,21H,1-2H3,(H,22,23)/b12-9-. The van der Waals surface area contributed by atoms with Gasteiger partial charge in [0, 0.05) is 17.6 Å². The van der Waals surface area contributed by atoms with Gasteiger partial charge in [0.15, 0.2) is 0 Å². The third-order valence-corrected chi connectivity index (χ3v) is 3.36. The zero-order valence-electron chi connectivity index (χ0n) is 13.1. The number of hydrogen-bond donors (Lipinski definition) is 2. The molecule has 0 radical (unpaired) electrons. The molecule has 0 spiro atoms. The summed E-state index contributed by atoms with van der Waals surface area (Å²) in [6, 6.07) is 10.3. The van der Waals surface area contributed by atoms with Crippen LogP contribution in [0.25, 0.3) is 0 Å². The zero-order chi connectivity index (χ0) is 17.5. The van der Waals surface area contributed by atoms with Crippen LogP contribution in [0.5, 0.6) is 5.75 Å². The van der Waals surface area contributed by atoms with Crippen LogP contribution in [0.2, 0.25) is 5.02 Å². The molecule has 0 saturated heterocycles. The minimum absolute atomic E-state index is 0.0810. The van der Waals surface area contributed by atoms with Gasteiger partial charge in [0.1, 0.15) is 17.4 Å². The van der Waals surface area contributed by atoms with Gasteiger partial charge in [-0.2, -0.15) is 5.26 Å². The summed E-state index contributed by atoms with van der Waals surface area (Å²) in [5.41, 5.74) is 1.93. The average molecular weight is 343 g/mol. The fraction of sp³-hybridized carbons (Fsp3) is 0.118. The Morgan fingerprint density at radius 1 is 1.33 bits per heavy atom. The number of methoxy groups -OCH3 is 1. The predicted molar refractivity (Wildman–Crippen MR) is 92.9 cm³/mol. The van der Waals surface area contributed by atoms with E-state index in [-0.39, 0.29) is 5.57 Å². The number of aryl methyl sites for hydroxylation is 1. The second-order valence-electron chi connectivity index (χ2n) is 4.81. The first-order valence-electron chi connectivity index (χ1n) is 6.98. The van der Waals surface area contributed by atoms with Crippen LogP contribution >= 0.6 is 11.6 Å². The van der Waals surface area contributed by atoms with Crippen molar-refractivity contribution in [3.63, 3.8) is 0 Å². The van der Waals surface area contributed by atoms with Crippen LogP contribution in [-0.2, 0) is 4.79 Å². The quantitative estimate of drug-likeness (QED) is 0.641. The van der Waals surface area contributed by atoms with Crippen LogP contribution in [0.15, 0.2) is 48.3 Å². The minimum Gasteiger partial charge on any atom is -0.495 e. The second-order valence-corrected chi connectivity index (χ2v) is 5.21. The maximum absolute atomic E-state index is 12.2. The van der Waals surface area contributed by atoms with E-state index in [1.54, 1.807) is 30.5 Å². The highest BCUT2D eigenvalue weighted by molar-refractivity contribution is 6.32. The normalized spacial score (nSPS) is 10.7. The summed E-state index contributed by atoms with van der Waals surface area (Å²) in [4.78, 5) is 16.3. The zero-order valence-corrected chi connectivity index (χ0v) is 13.9. The third-order valence-electron chi connectivity index (χ3n) is 3.07. The van der Waals surface area contributed by atoms with Gasteiger partial charge in [0.2, 0.25) is 0 Å². The van der Waals surface area contributed by atoms with E-state index in [2.05, 4.69) is 15.6 Å². The molecule has 0 unspecified atom stereocenters. The van der Waals surface area contributed by atoms with Crippen LogP contribution in [0.3, 0.4) is 0 Å². The van der Waals surface area contributed by atoms with Gasteiger partial charge in [0.05, 0.1) is 24.0 Å². The van der Waals surface area contributed by atoms with Crippen LogP contribution in [0.1, 0.15) is 5.69 Å². The maximum atomic E-state index is 12.2. The molecule has 1 heterocycles. The number of anilines is 2. The van der Waals surface area contributed by atoms with Crippen molar-refractivity contribution in [2.24, 2.45) is 0 Å². The lowest BCUT2D eigenvalue weighted by Crippen LogP contribution is -2.14. The first kappa shape index (κ1) is 17.3. The fourth-order valence-corrected chi connectivity index (χ4v) is 2.06. The first-order valence-corrected chi connectivity index (χ1v) is 7.35. The van der Waals surface area contributed by atoms with Crippen LogP contribution in [-0.4, -0.2) is 18.0 Å². The van der Waals surface area contributed by atoms with E-state index in [0.717, 1.165) is 5.69 Å². The van der Waals surface area contributed by atoms with E-state index in [4.69, 9.17) is 21.6 Å². The van der Waals surface area contributed by atoms with Gasteiger partial charge in [-0.1, -0.05) is 11.6 Å². The number of hydrogen-bond acceptors (Lipinski definition) is 5. The molecule has 0 bridgehead atoms. The average Bonchev–Trinajstić information content (AvgIpc) is 2.57. The Morgan fingerprint density at radius 3 is 2.67 bits per heavy atom. The number of carbonyl (C=O) groups excluding carboxylic acids is 1. The molecule has 1 aromatic heterocycles. The summed E-state index contributed by atoms with van der Waals surface area (Å²) in [6.07, 6.45) is 2.94. The van der Waals surface area contributed by atoms with Gasteiger partial charge in [0.25, 0.3) is 5.91 Å². The molecule has 2 aromatic rings. The van der Waals surface area contributed by atoms with Crippen molar-refractivity contribution in [3.05, 3.63) is 59.0 Å². The first-order chi connectivity index (χ1) is 11.5. The lowest BCUT2D eigenvalue weighted by Gasteiger charge is -2.08. The van der Waals surface area contributed by atoms with Crippen molar-refractivity contribution in [2.45, 2.75) is 6.92 Å². The smallest absolute Gasteiger partial charge is 0.267 e. The molecule has 2 N–H and O–H groups in total. The summed E-state index contributed by atoms with van der Waals surface area (Å²) in [7, 11) is 1.50. The van der Waals surface area contributed by atoms with E-state index in [1.807, 2.05) is 19.1 Å². The summed E-state index contributed by atoms with van der Waals surface area (Å²) >= 11 is 6.01. The molecular weight excluding hydrogens is 328 g/mol. The highest BCUT2D eigenvalue weighted by Gasteiger charge is 2.10. The lowest BCUT2D eigenvalue weighted by atomic mass is 10.2. The Kier molecular flexibility index (Phi) is 5.77. The Hall–Kier alpha value is -3.04. The van der Waals surface area contributed by atoms with Crippen LogP contribution < -0.4 is 15.4 Å². The lowest BCUT2D eigenvalue weighted by molar-refractivity contribution is -0.112. The maximum Gasteiger partial charge on any atom is 0.267 e. The Labute approximate surface area is 144 Å². The molecule has 0 atom stereocenters. The van der Waals surface area contributed by atoms with Crippen molar-refractivity contribution in [3.8, 4) is 11.8 Å². The van der Waals surface area contributed by atoms with Gasteiger partial charge >= 0.3 is 0 Å². The largest absolute Gasteiger partial charge is 0.495 e. The molecule has 7 heteroatoms. The summed E-state index contributed by atoms with van der Waals surface area (Å²) in [5.74, 6) is -0.0504. The molecule has 1 aromatic carbocycles. The number of nitrogens with one attached hydrogen (secondary N) is 2. The number of amides is 1. The Morgan fingerprint density at radius 2 is 2.08 bits per heavy atom. The number of nitriles is 1. The topological polar surface area (TPSA) is 87.0 Å². The van der Waals surface area contributed by atoms with Crippen molar-refractivity contribution < 1.29 is 9.53 Å². The number of rotatable bonds is 5. The van der Waals surface area contributed by atoms with Crippen molar-refractivity contribution in [2.75, 3.05) is 17.7 Å². The fourth-order valence-electron chi connectivity index (χ4n) is 1.80. The highest BCUT2D eigenvalue weighted by Crippen LogP contribution is 2.27. The number of carbonyl (C=O) groups is 1. The monoisotopic (exact) mass is 342 g/mol. The summed E-state index contributed by atoms with van der Waals surface area (Å²) in [5, 5.41) is 15.0. The van der Waals surface area contributed by atoms with Gasteiger partial charge in [-0.15, -0.1) is 0 Å². The number of halogens is 1. The van der Waals surface area contributed by atoms with E-state index in [0.29, 0.717) is 22.1 Å². The van der Waals surface area contributed by atoms with E-state index < -0.39 is 5.91 Å². The molecular formula is C17H15ClN4O2. The van der Waals surface area contributed by atoms with Crippen LogP contribution in [0.4, 0.5) is 11.4 Å². The minimum atomic E-state index is -0.550. The number of nitrogens with zero attached hydrogens (tertiary/aromatic N) is 2. The van der Waals surface area contributed by atoms with Gasteiger partial charge in [-0.25, -0.2) is 0 Å². The van der Waals surface area contributed by atoms with Gasteiger partial charge in [-0.3, -0.25) is 9.78 Å². The van der Waals surface area contributed by atoms with E-state index in [9.17, 15) is 4.79 Å². The molecule has 2 rings (SSSR count). The number of benzene rings is 1. The SMILES string of the molecule is COc1ccc(NC(=O)/C(C#N)=C\Nc2ccc(C)nc2)cc1Cl. The van der Waals surface area contributed by atoms with E-state index >= 15 is 0 Å². The highest BCUT2D eigenvalue weighted by atomic mass is 35.5. The van der Waals surface area contributed by atoms with Gasteiger partial charge < -0.3 is 15.4 Å². The molecule has 0 fully saturated rings. The molecule has 122 valence electrons. The number of ether oxygens (including phenoxy) is 1.